The molecule has 0 saturated heterocycles. The third kappa shape index (κ3) is 9.57. The SMILES string of the molecule is CCCCNC(=NC)NCC(C)(C)SC.I. The van der Waals surface area contributed by atoms with Crippen molar-refractivity contribution in [1.82, 2.24) is 10.6 Å². The summed E-state index contributed by atoms with van der Waals surface area (Å²) in [6, 6.07) is 0. The van der Waals surface area contributed by atoms with Crippen LogP contribution in [0.2, 0.25) is 0 Å². The van der Waals surface area contributed by atoms with Gasteiger partial charge in [-0.15, -0.1) is 24.0 Å². The number of guanidine groups is 1. The highest BCUT2D eigenvalue weighted by Crippen LogP contribution is 2.19. The summed E-state index contributed by atoms with van der Waals surface area (Å²) in [7, 11) is 1.81. The lowest BCUT2D eigenvalue weighted by atomic mass is 10.2. The molecule has 3 nitrogen and oxygen atoms in total. The largest absolute Gasteiger partial charge is 0.356 e. The summed E-state index contributed by atoms with van der Waals surface area (Å²) in [5.74, 6) is 0.908. The quantitative estimate of drug-likeness (QED) is 0.331. The van der Waals surface area contributed by atoms with E-state index >= 15 is 0 Å². The van der Waals surface area contributed by atoms with Crippen molar-refractivity contribution in [3.05, 3.63) is 0 Å². The predicted molar refractivity (Wildman–Crippen MR) is 87.3 cm³/mol. The van der Waals surface area contributed by atoms with E-state index in [1.807, 2.05) is 18.8 Å². The molecule has 0 aromatic heterocycles. The lowest BCUT2D eigenvalue weighted by Crippen LogP contribution is -2.43. The second kappa shape index (κ2) is 10.5. The van der Waals surface area contributed by atoms with Gasteiger partial charge in [0.05, 0.1) is 0 Å². The van der Waals surface area contributed by atoms with Crippen LogP contribution in [-0.4, -0.2) is 37.1 Å². The molecule has 0 rings (SSSR count). The van der Waals surface area contributed by atoms with Gasteiger partial charge in [-0.25, -0.2) is 0 Å². The number of thioether (sulfide) groups is 1. The van der Waals surface area contributed by atoms with Gasteiger partial charge < -0.3 is 10.6 Å². The molecule has 2 N–H and O–H groups in total. The Morgan fingerprint density at radius 1 is 1.31 bits per heavy atom. The Bertz CT molecular complexity index is 196. The van der Waals surface area contributed by atoms with E-state index in [1.54, 1.807) is 0 Å². The van der Waals surface area contributed by atoms with Crippen molar-refractivity contribution in [2.45, 2.75) is 38.4 Å². The average molecular weight is 359 g/mol. The van der Waals surface area contributed by atoms with Gasteiger partial charge >= 0.3 is 0 Å². The molecule has 0 aliphatic rings. The van der Waals surface area contributed by atoms with Crippen LogP contribution in [0.1, 0.15) is 33.6 Å². The van der Waals surface area contributed by atoms with Crippen LogP contribution in [0.5, 0.6) is 0 Å². The third-order valence-electron chi connectivity index (χ3n) is 2.28. The van der Waals surface area contributed by atoms with Crippen LogP contribution in [0.3, 0.4) is 0 Å². The predicted octanol–water partition coefficient (Wildman–Crippen LogP) is 2.71. The van der Waals surface area contributed by atoms with Crippen molar-refractivity contribution in [1.29, 1.82) is 0 Å². The number of rotatable bonds is 6. The molecule has 16 heavy (non-hydrogen) atoms. The highest BCUT2D eigenvalue weighted by atomic mass is 127. The van der Waals surface area contributed by atoms with Crippen LogP contribution in [0.25, 0.3) is 0 Å². The molecule has 0 radical (unpaired) electrons. The van der Waals surface area contributed by atoms with Gasteiger partial charge in [-0.3, -0.25) is 4.99 Å². The molecule has 5 heteroatoms. The normalized spacial score (nSPS) is 11.9. The molecule has 0 amide bonds. The Morgan fingerprint density at radius 3 is 2.38 bits per heavy atom. The second-order valence-corrected chi connectivity index (χ2v) is 5.68. The first-order chi connectivity index (χ1) is 7.05. The van der Waals surface area contributed by atoms with E-state index in [-0.39, 0.29) is 28.7 Å². The van der Waals surface area contributed by atoms with E-state index in [0.717, 1.165) is 19.0 Å². The number of nitrogens with one attached hydrogen (secondary N) is 2. The van der Waals surface area contributed by atoms with Gasteiger partial charge in [-0.05, 0) is 26.5 Å². The summed E-state index contributed by atoms with van der Waals surface area (Å²) in [5.41, 5.74) is 0. The first-order valence-electron chi connectivity index (χ1n) is 5.55. The molecule has 0 aliphatic heterocycles. The maximum atomic E-state index is 4.18. The van der Waals surface area contributed by atoms with Crippen LogP contribution in [-0.2, 0) is 0 Å². The topological polar surface area (TPSA) is 36.4 Å². The van der Waals surface area contributed by atoms with Gasteiger partial charge in [0.15, 0.2) is 5.96 Å². The summed E-state index contributed by atoms with van der Waals surface area (Å²) in [4.78, 5) is 4.18. The molecule has 0 fully saturated rings. The molecular formula is C11H26IN3S. The van der Waals surface area contributed by atoms with Crippen LogP contribution in [0, 0.1) is 0 Å². The van der Waals surface area contributed by atoms with Gasteiger partial charge in [-0.1, -0.05) is 13.3 Å². The monoisotopic (exact) mass is 359 g/mol. The van der Waals surface area contributed by atoms with E-state index in [9.17, 15) is 0 Å². The van der Waals surface area contributed by atoms with E-state index in [0.29, 0.717) is 0 Å². The number of unbranched alkanes of at least 4 members (excludes halogenated alkanes) is 1. The Morgan fingerprint density at radius 2 is 1.94 bits per heavy atom. The molecule has 0 aliphatic carbocycles. The van der Waals surface area contributed by atoms with Gasteiger partial charge in [0.2, 0.25) is 0 Å². The lowest BCUT2D eigenvalue weighted by molar-refractivity contribution is 0.657. The van der Waals surface area contributed by atoms with Gasteiger partial charge in [0.1, 0.15) is 0 Å². The highest BCUT2D eigenvalue weighted by Gasteiger charge is 2.15. The molecule has 0 unspecified atom stereocenters. The van der Waals surface area contributed by atoms with Crippen molar-refractivity contribution in [3.63, 3.8) is 0 Å². The molecule has 0 atom stereocenters. The van der Waals surface area contributed by atoms with Crippen LogP contribution >= 0.6 is 35.7 Å². The van der Waals surface area contributed by atoms with Gasteiger partial charge in [0.25, 0.3) is 0 Å². The highest BCUT2D eigenvalue weighted by molar-refractivity contribution is 14.0. The Balaban J connectivity index is 0. The number of hydrogen-bond acceptors (Lipinski definition) is 2. The first kappa shape index (κ1) is 18.7. The number of aliphatic imine (C=N–C) groups is 1. The number of halogens is 1. The van der Waals surface area contributed by atoms with Crippen LogP contribution < -0.4 is 10.6 Å². The minimum atomic E-state index is 0. The second-order valence-electron chi connectivity index (χ2n) is 4.17. The van der Waals surface area contributed by atoms with Gasteiger partial charge in [0, 0.05) is 24.9 Å². The zero-order valence-electron chi connectivity index (χ0n) is 11.1. The standard InChI is InChI=1S/C11H25N3S.HI/c1-6-7-8-13-10(12-4)14-9-11(2,3)15-5;/h6-9H2,1-5H3,(H2,12,13,14);1H. The van der Waals surface area contributed by atoms with Crippen LogP contribution in [0.15, 0.2) is 4.99 Å². The third-order valence-corrected chi connectivity index (χ3v) is 3.53. The maximum Gasteiger partial charge on any atom is 0.191 e. The molecule has 0 aromatic rings. The Labute approximate surface area is 122 Å². The number of nitrogens with zero attached hydrogens (tertiary/aromatic N) is 1. The average Bonchev–Trinajstić information content (AvgIpc) is 2.23. The minimum Gasteiger partial charge on any atom is -0.356 e. The van der Waals surface area contributed by atoms with Crippen molar-refractivity contribution >= 4 is 41.7 Å². The fourth-order valence-electron chi connectivity index (χ4n) is 0.973. The smallest absolute Gasteiger partial charge is 0.191 e. The van der Waals surface area contributed by atoms with Crippen molar-refractivity contribution in [3.8, 4) is 0 Å². The molecule has 0 aromatic carbocycles. The molecule has 0 bridgehead atoms. The van der Waals surface area contributed by atoms with E-state index < -0.39 is 0 Å². The lowest BCUT2D eigenvalue weighted by Gasteiger charge is -2.23. The molecule has 0 saturated carbocycles. The Kier molecular flexibility index (Phi) is 12.3. The van der Waals surface area contributed by atoms with E-state index in [2.05, 4.69) is 42.7 Å². The number of hydrogen-bond donors (Lipinski definition) is 2. The first-order valence-corrected chi connectivity index (χ1v) is 6.78. The summed E-state index contributed by atoms with van der Waals surface area (Å²) in [5, 5.41) is 6.63. The van der Waals surface area contributed by atoms with Crippen LogP contribution in [0.4, 0.5) is 0 Å². The van der Waals surface area contributed by atoms with Gasteiger partial charge in [-0.2, -0.15) is 11.8 Å². The summed E-state index contributed by atoms with van der Waals surface area (Å²) in [6.07, 6.45) is 4.53. The fourth-order valence-corrected chi connectivity index (χ4v) is 1.19. The van der Waals surface area contributed by atoms with E-state index in [4.69, 9.17) is 0 Å². The van der Waals surface area contributed by atoms with Crippen molar-refractivity contribution in [2.75, 3.05) is 26.4 Å². The van der Waals surface area contributed by atoms with E-state index in [1.165, 1.54) is 12.8 Å². The zero-order valence-corrected chi connectivity index (χ0v) is 14.2. The van der Waals surface area contributed by atoms with Crippen molar-refractivity contribution in [2.24, 2.45) is 4.99 Å². The minimum absolute atomic E-state index is 0. The summed E-state index contributed by atoms with van der Waals surface area (Å²) < 4.78 is 0.252. The molecule has 0 heterocycles. The molecule has 0 spiro atoms. The van der Waals surface area contributed by atoms with Crippen molar-refractivity contribution < 1.29 is 0 Å². The zero-order chi connectivity index (χ0) is 11.7. The Hall–Kier alpha value is 0.350. The summed E-state index contributed by atoms with van der Waals surface area (Å²) in [6.45, 7) is 8.57. The molecule has 98 valence electrons. The fraction of sp³-hybridized carbons (Fsp3) is 0.909. The summed E-state index contributed by atoms with van der Waals surface area (Å²) >= 11 is 1.86. The maximum absolute atomic E-state index is 4.18. The molecular weight excluding hydrogens is 333 g/mol.